The minimum Gasteiger partial charge on any atom is -0.316 e. The summed E-state index contributed by atoms with van der Waals surface area (Å²) in [6, 6.07) is 0.724. The summed E-state index contributed by atoms with van der Waals surface area (Å²) in [5.74, 6) is 0. The Kier molecular flexibility index (Phi) is 5.67. The molecule has 19 heavy (non-hydrogen) atoms. The summed E-state index contributed by atoms with van der Waals surface area (Å²) in [5.41, 5.74) is 0.569. The van der Waals surface area contributed by atoms with Gasteiger partial charge in [0.15, 0.2) is 0 Å². The highest BCUT2D eigenvalue weighted by molar-refractivity contribution is 4.92. The molecule has 1 heterocycles. The van der Waals surface area contributed by atoms with Gasteiger partial charge in [0, 0.05) is 38.8 Å². The Morgan fingerprint density at radius 1 is 1.21 bits per heavy atom. The van der Waals surface area contributed by atoms with Crippen molar-refractivity contribution < 1.29 is 0 Å². The first-order valence-corrected chi connectivity index (χ1v) is 8.28. The summed E-state index contributed by atoms with van der Waals surface area (Å²) < 4.78 is 0. The Bertz CT molecular complexity index is 261. The van der Waals surface area contributed by atoms with E-state index < -0.39 is 0 Å². The van der Waals surface area contributed by atoms with Crippen molar-refractivity contribution in [1.82, 2.24) is 15.1 Å². The lowest BCUT2D eigenvalue weighted by Gasteiger charge is -2.43. The van der Waals surface area contributed by atoms with Gasteiger partial charge < -0.3 is 10.2 Å². The van der Waals surface area contributed by atoms with Gasteiger partial charge in [-0.15, -0.1) is 0 Å². The molecule has 2 rings (SSSR count). The van der Waals surface area contributed by atoms with Crippen molar-refractivity contribution >= 4 is 0 Å². The molecular weight excluding hydrogens is 234 g/mol. The van der Waals surface area contributed by atoms with E-state index in [1.54, 1.807) is 0 Å². The third-order valence-electron chi connectivity index (χ3n) is 5.10. The van der Waals surface area contributed by atoms with Gasteiger partial charge in [0.2, 0.25) is 0 Å². The predicted molar refractivity (Wildman–Crippen MR) is 82.6 cm³/mol. The Balaban J connectivity index is 1.88. The maximum absolute atomic E-state index is 3.69. The van der Waals surface area contributed by atoms with E-state index in [0.717, 1.165) is 6.04 Å². The van der Waals surface area contributed by atoms with Gasteiger partial charge in [-0.1, -0.05) is 19.8 Å². The van der Waals surface area contributed by atoms with Gasteiger partial charge in [-0.2, -0.15) is 0 Å². The molecule has 1 saturated heterocycles. The molecule has 0 aromatic rings. The second-order valence-electron chi connectivity index (χ2n) is 6.97. The number of hydrogen-bond acceptors (Lipinski definition) is 3. The molecule has 3 nitrogen and oxygen atoms in total. The molecule has 1 saturated carbocycles. The highest BCUT2D eigenvalue weighted by atomic mass is 15.3. The van der Waals surface area contributed by atoms with Gasteiger partial charge in [0.05, 0.1) is 0 Å². The molecule has 3 heteroatoms. The number of piperazine rings is 1. The van der Waals surface area contributed by atoms with E-state index in [1.165, 1.54) is 71.4 Å². The van der Waals surface area contributed by atoms with Gasteiger partial charge in [-0.3, -0.25) is 4.90 Å². The zero-order chi connectivity index (χ0) is 13.7. The van der Waals surface area contributed by atoms with Crippen LogP contribution in [0.2, 0.25) is 0 Å². The molecular formula is C16H33N3. The highest BCUT2D eigenvalue weighted by Gasteiger charge is 2.37. The topological polar surface area (TPSA) is 18.5 Å². The van der Waals surface area contributed by atoms with Gasteiger partial charge in [0.1, 0.15) is 0 Å². The van der Waals surface area contributed by atoms with Crippen molar-refractivity contribution in [2.24, 2.45) is 5.41 Å². The lowest BCUT2D eigenvalue weighted by molar-refractivity contribution is 0.0553. The molecule has 1 unspecified atom stereocenters. The van der Waals surface area contributed by atoms with Crippen LogP contribution >= 0.6 is 0 Å². The van der Waals surface area contributed by atoms with Gasteiger partial charge in [-0.05, 0) is 45.2 Å². The Hall–Kier alpha value is -0.120. The lowest BCUT2D eigenvalue weighted by atomic mass is 9.84. The van der Waals surface area contributed by atoms with Crippen LogP contribution in [0.4, 0.5) is 0 Å². The standard InChI is InChI=1S/C16H33N3/c1-4-9-17-13-16(7-5-6-8-16)14-19-11-10-18(3)12-15(19)2/h15,17H,4-14H2,1-3H3. The fourth-order valence-electron chi connectivity index (χ4n) is 3.89. The summed E-state index contributed by atoms with van der Waals surface area (Å²) in [5, 5.41) is 3.69. The minimum atomic E-state index is 0.569. The third-order valence-corrected chi connectivity index (χ3v) is 5.10. The fourth-order valence-corrected chi connectivity index (χ4v) is 3.89. The number of hydrogen-bond donors (Lipinski definition) is 1. The van der Waals surface area contributed by atoms with Crippen LogP contribution in [0.5, 0.6) is 0 Å². The Labute approximate surface area is 119 Å². The Morgan fingerprint density at radius 2 is 1.95 bits per heavy atom. The SMILES string of the molecule is CCCNCC1(CN2CCN(C)CC2C)CCCC1. The zero-order valence-corrected chi connectivity index (χ0v) is 13.2. The van der Waals surface area contributed by atoms with E-state index in [4.69, 9.17) is 0 Å². The first kappa shape index (κ1) is 15.3. The van der Waals surface area contributed by atoms with Crippen molar-refractivity contribution in [1.29, 1.82) is 0 Å². The molecule has 2 fully saturated rings. The molecule has 112 valence electrons. The second-order valence-corrected chi connectivity index (χ2v) is 6.97. The molecule has 1 atom stereocenters. The quantitative estimate of drug-likeness (QED) is 0.744. The average Bonchev–Trinajstić information content (AvgIpc) is 2.82. The molecule has 1 aliphatic carbocycles. The zero-order valence-electron chi connectivity index (χ0n) is 13.2. The molecule has 1 N–H and O–H groups in total. The van der Waals surface area contributed by atoms with E-state index in [9.17, 15) is 0 Å². The van der Waals surface area contributed by atoms with E-state index >= 15 is 0 Å². The number of rotatable bonds is 6. The normalized spacial score (nSPS) is 28.9. The van der Waals surface area contributed by atoms with Crippen molar-refractivity contribution in [3.8, 4) is 0 Å². The summed E-state index contributed by atoms with van der Waals surface area (Å²) in [6.07, 6.45) is 7.00. The summed E-state index contributed by atoms with van der Waals surface area (Å²) in [4.78, 5) is 5.22. The van der Waals surface area contributed by atoms with E-state index in [1.807, 2.05) is 0 Å². The van der Waals surface area contributed by atoms with Crippen LogP contribution in [0, 0.1) is 5.41 Å². The summed E-state index contributed by atoms with van der Waals surface area (Å²) in [6.45, 7) is 12.1. The van der Waals surface area contributed by atoms with Gasteiger partial charge >= 0.3 is 0 Å². The molecule has 0 radical (unpaired) electrons. The average molecular weight is 267 g/mol. The maximum Gasteiger partial charge on any atom is 0.0195 e. The highest BCUT2D eigenvalue weighted by Crippen LogP contribution is 2.39. The van der Waals surface area contributed by atoms with E-state index in [0.29, 0.717) is 5.41 Å². The van der Waals surface area contributed by atoms with Crippen LogP contribution in [-0.4, -0.2) is 62.2 Å². The first-order chi connectivity index (χ1) is 9.15. The monoisotopic (exact) mass is 267 g/mol. The minimum absolute atomic E-state index is 0.569. The third kappa shape index (κ3) is 4.17. The van der Waals surface area contributed by atoms with Crippen LogP contribution in [0.25, 0.3) is 0 Å². The van der Waals surface area contributed by atoms with Crippen molar-refractivity contribution in [3.63, 3.8) is 0 Å². The first-order valence-electron chi connectivity index (χ1n) is 8.28. The molecule has 0 amide bonds. The van der Waals surface area contributed by atoms with Crippen LogP contribution in [0.3, 0.4) is 0 Å². The largest absolute Gasteiger partial charge is 0.316 e. The lowest BCUT2D eigenvalue weighted by Crippen LogP contribution is -2.54. The molecule has 0 bridgehead atoms. The number of nitrogens with one attached hydrogen (secondary N) is 1. The van der Waals surface area contributed by atoms with Crippen molar-refractivity contribution in [3.05, 3.63) is 0 Å². The molecule has 0 aromatic heterocycles. The summed E-state index contributed by atoms with van der Waals surface area (Å²) in [7, 11) is 2.25. The van der Waals surface area contributed by atoms with E-state index in [2.05, 4.69) is 36.0 Å². The molecule has 0 aromatic carbocycles. The molecule has 0 spiro atoms. The second kappa shape index (κ2) is 7.05. The molecule has 1 aliphatic heterocycles. The number of likely N-dealkylation sites (N-methyl/N-ethyl adjacent to an activating group) is 1. The Morgan fingerprint density at radius 3 is 2.58 bits per heavy atom. The molecule has 2 aliphatic rings. The maximum atomic E-state index is 3.69. The van der Waals surface area contributed by atoms with Crippen molar-refractivity contribution in [2.45, 2.75) is 52.0 Å². The van der Waals surface area contributed by atoms with E-state index in [-0.39, 0.29) is 0 Å². The number of nitrogens with zero attached hydrogens (tertiary/aromatic N) is 2. The fraction of sp³-hybridized carbons (Fsp3) is 1.00. The van der Waals surface area contributed by atoms with Gasteiger partial charge in [0.25, 0.3) is 0 Å². The van der Waals surface area contributed by atoms with Crippen LogP contribution in [0.15, 0.2) is 0 Å². The van der Waals surface area contributed by atoms with Crippen LogP contribution in [-0.2, 0) is 0 Å². The van der Waals surface area contributed by atoms with Gasteiger partial charge in [-0.25, -0.2) is 0 Å². The van der Waals surface area contributed by atoms with Crippen LogP contribution < -0.4 is 5.32 Å². The smallest absolute Gasteiger partial charge is 0.0195 e. The van der Waals surface area contributed by atoms with Crippen LogP contribution in [0.1, 0.15) is 46.0 Å². The van der Waals surface area contributed by atoms with Crippen molar-refractivity contribution in [2.75, 3.05) is 46.3 Å². The summed E-state index contributed by atoms with van der Waals surface area (Å²) >= 11 is 0. The predicted octanol–water partition coefficient (Wildman–Crippen LogP) is 2.18.